The van der Waals surface area contributed by atoms with Gasteiger partial charge in [-0.05, 0) is 37.1 Å². The summed E-state index contributed by atoms with van der Waals surface area (Å²) in [5.41, 5.74) is 0.813. The van der Waals surface area contributed by atoms with E-state index in [0.29, 0.717) is 31.5 Å². The number of amides is 2. The Morgan fingerprint density at radius 1 is 1.03 bits per heavy atom. The molecule has 0 bridgehead atoms. The Labute approximate surface area is 168 Å². The van der Waals surface area contributed by atoms with Crippen LogP contribution in [0.5, 0.6) is 0 Å². The van der Waals surface area contributed by atoms with Gasteiger partial charge >= 0.3 is 0 Å². The van der Waals surface area contributed by atoms with E-state index >= 15 is 0 Å². The number of pyridine rings is 1. The Morgan fingerprint density at radius 2 is 1.79 bits per heavy atom. The zero-order valence-corrected chi connectivity index (χ0v) is 16.0. The van der Waals surface area contributed by atoms with E-state index in [1.54, 1.807) is 47.6 Å². The number of anilines is 1. The van der Waals surface area contributed by atoms with Gasteiger partial charge in [-0.2, -0.15) is 0 Å². The predicted octanol–water partition coefficient (Wildman–Crippen LogP) is 2.70. The molecule has 2 fully saturated rings. The second kappa shape index (κ2) is 8.11. The van der Waals surface area contributed by atoms with Crippen LogP contribution in [0.3, 0.4) is 0 Å². The Kier molecular flexibility index (Phi) is 5.38. The van der Waals surface area contributed by atoms with Crippen LogP contribution in [0.25, 0.3) is 0 Å². The third-order valence-corrected chi connectivity index (χ3v) is 5.74. The first kappa shape index (κ1) is 19.2. The minimum absolute atomic E-state index is 0.0620. The molecule has 2 aliphatic heterocycles. The minimum Gasteiger partial charge on any atom is -0.342 e. The molecule has 150 valence electrons. The average molecular weight is 395 g/mol. The summed E-state index contributed by atoms with van der Waals surface area (Å²) in [6.07, 6.45) is 4.48. The van der Waals surface area contributed by atoms with E-state index in [1.165, 1.54) is 11.0 Å². The fourth-order valence-corrected chi connectivity index (χ4v) is 4.14. The molecule has 29 heavy (non-hydrogen) atoms. The number of halogens is 1. The van der Waals surface area contributed by atoms with E-state index in [4.69, 9.17) is 0 Å². The molecular formula is C22H22FN3O3. The highest BCUT2D eigenvalue weighted by Crippen LogP contribution is 2.30. The van der Waals surface area contributed by atoms with Crippen molar-refractivity contribution in [2.75, 3.05) is 24.5 Å². The SMILES string of the molecule is O=C(c1cccnc1)C1CCN(C(=O)C2CC(=O)N(c3ccccc3F)C2)CC1. The summed E-state index contributed by atoms with van der Waals surface area (Å²) < 4.78 is 14.0. The highest BCUT2D eigenvalue weighted by molar-refractivity contribution is 6.00. The number of nitrogens with zero attached hydrogens (tertiary/aromatic N) is 3. The molecule has 4 rings (SSSR count). The fraction of sp³-hybridized carbons (Fsp3) is 0.364. The van der Waals surface area contributed by atoms with Crippen molar-refractivity contribution in [2.45, 2.75) is 19.3 Å². The van der Waals surface area contributed by atoms with Gasteiger partial charge in [-0.25, -0.2) is 4.39 Å². The lowest BCUT2D eigenvalue weighted by molar-refractivity contribution is -0.137. The van der Waals surface area contributed by atoms with Crippen molar-refractivity contribution in [1.82, 2.24) is 9.88 Å². The van der Waals surface area contributed by atoms with Gasteiger partial charge in [0.1, 0.15) is 5.82 Å². The smallest absolute Gasteiger partial charge is 0.228 e. The molecule has 0 spiro atoms. The predicted molar refractivity (Wildman–Crippen MR) is 105 cm³/mol. The molecular weight excluding hydrogens is 373 g/mol. The van der Waals surface area contributed by atoms with Gasteiger partial charge in [0.25, 0.3) is 0 Å². The summed E-state index contributed by atoms with van der Waals surface area (Å²) in [5, 5.41) is 0. The van der Waals surface area contributed by atoms with Crippen molar-refractivity contribution in [1.29, 1.82) is 0 Å². The number of carbonyl (C=O) groups excluding carboxylic acids is 3. The number of para-hydroxylation sites is 1. The molecule has 2 aliphatic rings. The van der Waals surface area contributed by atoms with E-state index in [9.17, 15) is 18.8 Å². The molecule has 0 N–H and O–H groups in total. The van der Waals surface area contributed by atoms with Crippen LogP contribution in [-0.4, -0.2) is 47.1 Å². The third kappa shape index (κ3) is 3.90. The molecule has 2 saturated heterocycles. The number of piperidine rings is 1. The van der Waals surface area contributed by atoms with Gasteiger partial charge < -0.3 is 9.80 Å². The maximum absolute atomic E-state index is 14.0. The largest absolute Gasteiger partial charge is 0.342 e. The van der Waals surface area contributed by atoms with Gasteiger partial charge in [0.2, 0.25) is 11.8 Å². The van der Waals surface area contributed by atoms with Crippen LogP contribution in [0.1, 0.15) is 29.6 Å². The van der Waals surface area contributed by atoms with Crippen molar-refractivity contribution in [2.24, 2.45) is 11.8 Å². The van der Waals surface area contributed by atoms with Crippen LogP contribution in [0.4, 0.5) is 10.1 Å². The number of rotatable bonds is 4. The standard InChI is InChI=1S/C22H22FN3O3/c23-18-5-1-2-6-19(18)26-14-17(12-20(26)27)22(29)25-10-7-15(8-11-25)21(28)16-4-3-9-24-13-16/h1-6,9,13,15,17H,7-8,10-12,14H2. The number of ketones is 1. The number of hydrogen-bond donors (Lipinski definition) is 0. The van der Waals surface area contributed by atoms with Gasteiger partial charge in [-0.15, -0.1) is 0 Å². The monoisotopic (exact) mass is 395 g/mol. The molecule has 7 heteroatoms. The molecule has 0 aliphatic carbocycles. The lowest BCUT2D eigenvalue weighted by atomic mass is 9.89. The van der Waals surface area contributed by atoms with Crippen LogP contribution in [-0.2, 0) is 9.59 Å². The quantitative estimate of drug-likeness (QED) is 0.747. The van der Waals surface area contributed by atoms with E-state index in [-0.39, 0.29) is 42.2 Å². The summed E-state index contributed by atoms with van der Waals surface area (Å²) in [6, 6.07) is 9.60. The van der Waals surface area contributed by atoms with Gasteiger partial charge in [-0.3, -0.25) is 19.4 Å². The number of aromatic nitrogens is 1. The van der Waals surface area contributed by atoms with Crippen LogP contribution < -0.4 is 4.90 Å². The second-order valence-electron chi connectivity index (χ2n) is 7.56. The first-order valence-electron chi connectivity index (χ1n) is 9.82. The van der Waals surface area contributed by atoms with Crippen LogP contribution in [0, 0.1) is 17.7 Å². The van der Waals surface area contributed by atoms with E-state index in [1.807, 2.05) is 0 Å². The topological polar surface area (TPSA) is 70.6 Å². The van der Waals surface area contributed by atoms with Gasteiger partial charge in [0.05, 0.1) is 11.6 Å². The molecule has 6 nitrogen and oxygen atoms in total. The number of benzene rings is 1. The Bertz CT molecular complexity index is 926. The molecule has 2 aromatic rings. The first-order chi connectivity index (χ1) is 14.0. The lowest BCUT2D eigenvalue weighted by Gasteiger charge is -2.33. The first-order valence-corrected chi connectivity index (χ1v) is 9.82. The molecule has 0 saturated carbocycles. The lowest BCUT2D eigenvalue weighted by Crippen LogP contribution is -2.43. The summed E-state index contributed by atoms with van der Waals surface area (Å²) >= 11 is 0. The van der Waals surface area contributed by atoms with E-state index in [0.717, 1.165) is 0 Å². The molecule has 2 amide bonds. The van der Waals surface area contributed by atoms with Crippen molar-refractivity contribution < 1.29 is 18.8 Å². The molecule has 1 atom stereocenters. The number of hydrogen-bond acceptors (Lipinski definition) is 4. The number of likely N-dealkylation sites (tertiary alicyclic amines) is 1. The van der Waals surface area contributed by atoms with E-state index < -0.39 is 11.7 Å². The number of carbonyl (C=O) groups is 3. The second-order valence-corrected chi connectivity index (χ2v) is 7.56. The van der Waals surface area contributed by atoms with Gasteiger partial charge in [0, 0.05) is 49.9 Å². The summed E-state index contributed by atoms with van der Waals surface area (Å²) in [5.74, 6) is -1.34. The molecule has 1 aromatic carbocycles. The highest BCUT2D eigenvalue weighted by atomic mass is 19.1. The zero-order chi connectivity index (χ0) is 20.4. The Morgan fingerprint density at radius 3 is 2.48 bits per heavy atom. The molecule has 0 radical (unpaired) electrons. The van der Waals surface area contributed by atoms with E-state index in [2.05, 4.69) is 4.98 Å². The fourth-order valence-electron chi connectivity index (χ4n) is 4.14. The summed E-state index contributed by atoms with van der Waals surface area (Å²) in [7, 11) is 0. The average Bonchev–Trinajstić information content (AvgIpc) is 3.15. The Hall–Kier alpha value is -3.09. The van der Waals surface area contributed by atoms with Crippen LogP contribution in [0.2, 0.25) is 0 Å². The van der Waals surface area contributed by atoms with Gasteiger partial charge in [0.15, 0.2) is 5.78 Å². The molecule has 1 aromatic heterocycles. The van der Waals surface area contributed by atoms with Crippen molar-refractivity contribution in [3.05, 3.63) is 60.2 Å². The zero-order valence-electron chi connectivity index (χ0n) is 16.0. The summed E-state index contributed by atoms with van der Waals surface area (Å²) in [4.78, 5) is 44.9. The van der Waals surface area contributed by atoms with Gasteiger partial charge in [-0.1, -0.05) is 12.1 Å². The normalized spacial score (nSPS) is 20.2. The van der Waals surface area contributed by atoms with Crippen molar-refractivity contribution in [3.8, 4) is 0 Å². The van der Waals surface area contributed by atoms with Crippen LogP contribution >= 0.6 is 0 Å². The molecule has 3 heterocycles. The Balaban J connectivity index is 1.36. The number of Topliss-reactive ketones (excluding diaryl/α,β-unsaturated/α-hetero) is 1. The minimum atomic E-state index is -0.479. The highest BCUT2D eigenvalue weighted by Gasteiger charge is 2.39. The third-order valence-electron chi connectivity index (χ3n) is 5.74. The molecule has 1 unspecified atom stereocenters. The summed E-state index contributed by atoms with van der Waals surface area (Å²) in [6.45, 7) is 1.16. The maximum Gasteiger partial charge on any atom is 0.228 e. The van der Waals surface area contributed by atoms with Crippen LogP contribution in [0.15, 0.2) is 48.8 Å². The maximum atomic E-state index is 14.0. The van der Waals surface area contributed by atoms with Crippen molar-refractivity contribution >= 4 is 23.3 Å². The van der Waals surface area contributed by atoms with Crippen molar-refractivity contribution in [3.63, 3.8) is 0 Å².